The second kappa shape index (κ2) is 13.8. The number of methoxy groups -OCH3 is 1. The predicted molar refractivity (Wildman–Crippen MR) is 172 cm³/mol. The summed E-state index contributed by atoms with van der Waals surface area (Å²) in [5, 5.41) is 16.6. The van der Waals surface area contributed by atoms with E-state index in [9.17, 15) is 19.5 Å². The van der Waals surface area contributed by atoms with Crippen LogP contribution in [-0.2, 0) is 19.1 Å². The normalized spacial score (nSPS) is 13.9. The van der Waals surface area contributed by atoms with Crippen LogP contribution in [0.15, 0.2) is 42.6 Å². The van der Waals surface area contributed by atoms with Crippen LogP contribution in [0.3, 0.4) is 0 Å². The van der Waals surface area contributed by atoms with Gasteiger partial charge in [-0.25, -0.2) is 9.59 Å². The number of hydrogen-bond acceptors (Lipinski definition) is 9. The fourth-order valence-corrected chi connectivity index (χ4v) is 4.91. The second-order valence-electron chi connectivity index (χ2n) is 13.2. The van der Waals surface area contributed by atoms with E-state index in [0.29, 0.717) is 40.1 Å². The summed E-state index contributed by atoms with van der Waals surface area (Å²) in [6, 6.07) is 10.2. The Morgan fingerprint density at radius 2 is 1.72 bits per heavy atom. The Morgan fingerprint density at radius 1 is 1.02 bits per heavy atom. The van der Waals surface area contributed by atoms with Crippen LogP contribution in [-0.4, -0.2) is 64.4 Å². The van der Waals surface area contributed by atoms with Gasteiger partial charge in [-0.1, -0.05) is 18.2 Å². The number of nitrogens with zero attached hydrogens (tertiary/aromatic N) is 2. The van der Waals surface area contributed by atoms with E-state index in [0.717, 1.165) is 17.9 Å². The lowest BCUT2D eigenvalue weighted by molar-refractivity contribution is -0.137. The number of aromatic nitrogens is 1. The summed E-state index contributed by atoms with van der Waals surface area (Å²) >= 11 is 0. The third kappa shape index (κ3) is 8.76. The predicted octanol–water partition coefficient (Wildman–Crippen LogP) is 7.19. The van der Waals surface area contributed by atoms with Crippen LogP contribution in [0.25, 0.3) is 10.8 Å². The number of hydroxylamine groups is 2. The molecule has 1 unspecified atom stereocenters. The van der Waals surface area contributed by atoms with Gasteiger partial charge in [0.15, 0.2) is 11.5 Å². The highest BCUT2D eigenvalue weighted by Gasteiger charge is 2.32. The number of carbonyl (C=O) groups is 3. The molecule has 1 aliphatic rings. The fraction of sp³-hybridized carbons (Fsp3) is 0.500. The van der Waals surface area contributed by atoms with Gasteiger partial charge in [0.1, 0.15) is 11.2 Å². The van der Waals surface area contributed by atoms with Crippen LogP contribution in [0.2, 0.25) is 0 Å². The molecule has 250 valence electrons. The molecule has 1 aliphatic carbocycles. The van der Waals surface area contributed by atoms with Crippen molar-refractivity contribution in [2.75, 3.05) is 25.6 Å². The molecule has 0 bridgehead atoms. The number of fused-ring (bicyclic) bond motifs is 1. The molecule has 3 aromatic rings. The lowest BCUT2D eigenvalue weighted by Crippen LogP contribution is -2.40. The summed E-state index contributed by atoms with van der Waals surface area (Å²) in [5.74, 6) is 0.833. The van der Waals surface area contributed by atoms with E-state index in [1.807, 2.05) is 25.1 Å². The summed E-state index contributed by atoms with van der Waals surface area (Å²) in [4.78, 5) is 43.9. The number of anilines is 1. The first kappa shape index (κ1) is 34.3. The highest BCUT2D eigenvalue weighted by atomic mass is 16.8. The van der Waals surface area contributed by atoms with Crippen LogP contribution in [0.5, 0.6) is 17.4 Å². The van der Waals surface area contributed by atoms with Gasteiger partial charge < -0.3 is 38.8 Å². The lowest BCUT2D eigenvalue weighted by Gasteiger charge is -2.29. The van der Waals surface area contributed by atoms with Gasteiger partial charge in [-0.15, -0.1) is 5.06 Å². The summed E-state index contributed by atoms with van der Waals surface area (Å²) in [6.07, 6.45) is 1.67. The average Bonchev–Trinajstić information content (AvgIpc) is 3.75. The van der Waals surface area contributed by atoms with Gasteiger partial charge >= 0.3 is 12.2 Å². The lowest BCUT2D eigenvalue weighted by atomic mass is 10.0. The Hall–Kier alpha value is -4.61. The monoisotopic (exact) mass is 639 g/mol. The van der Waals surface area contributed by atoms with Crippen molar-refractivity contribution < 1.29 is 43.3 Å². The summed E-state index contributed by atoms with van der Waals surface area (Å²) in [5.41, 5.74) is -0.518. The summed E-state index contributed by atoms with van der Waals surface area (Å²) in [7, 11) is 1.55. The first-order chi connectivity index (χ1) is 21.6. The molecular formula is C34H45N3O9. The van der Waals surface area contributed by atoms with E-state index < -0.39 is 29.5 Å². The van der Waals surface area contributed by atoms with Gasteiger partial charge in [0, 0.05) is 17.5 Å². The highest BCUT2D eigenvalue weighted by molar-refractivity contribution is 6.05. The topological polar surface area (TPSA) is 138 Å². The van der Waals surface area contributed by atoms with Crippen molar-refractivity contribution in [3.05, 3.63) is 48.2 Å². The molecule has 4 rings (SSSR count). The molecule has 0 saturated heterocycles. The minimum absolute atomic E-state index is 0.0210. The smallest absolute Gasteiger partial charge is 0.494 e. The largest absolute Gasteiger partial charge is 0.534 e. The van der Waals surface area contributed by atoms with Crippen LogP contribution in [0.1, 0.15) is 79.3 Å². The molecule has 2 amide bonds. The molecule has 1 saturated carbocycles. The fourth-order valence-electron chi connectivity index (χ4n) is 4.91. The number of benzene rings is 2. The zero-order valence-electron chi connectivity index (χ0n) is 27.8. The van der Waals surface area contributed by atoms with Gasteiger partial charge in [0.2, 0.25) is 11.8 Å². The first-order valence-electron chi connectivity index (χ1n) is 15.5. The molecule has 0 spiro atoms. The van der Waals surface area contributed by atoms with E-state index in [2.05, 4.69) is 5.32 Å². The molecule has 12 heteroatoms. The molecule has 0 aliphatic heterocycles. The maximum absolute atomic E-state index is 13.2. The number of amides is 2. The third-order valence-corrected chi connectivity index (χ3v) is 7.03. The van der Waals surface area contributed by atoms with Gasteiger partial charge in [-0.2, -0.15) is 0 Å². The van der Waals surface area contributed by atoms with Crippen molar-refractivity contribution >= 4 is 34.6 Å². The van der Waals surface area contributed by atoms with Crippen molar-refractivity contribution in [2.24, 2.45) is 5.92 Å². The number of carbonyl (C=O) groups excluding carboxylic acids is 3. The minimum atomic E-state index is -1.07. The molecule has 1 aromatic heterocycles. The van der Waals surface area contributed by atoms with Crippen molar-refractivity contribution in [3.8, 4) is 17.4 Å². The van der Waals surface area contributed by atoms with Crippen molar-refractivity contribution in [2.45, 2.75) is 85.0 Å². The van der Waals surface area contributed by atoms with Gasteiger partial charge in [-0.3, -0.25) is 4.79 Å². The molecule has 2 aromatic carbocycles. The van der Waals surface area contributed by atoms with E-state index >= 15 is 0 Å². The van der Waals surface area contributed by atoms with Gasteiger partial charge in [0.25, 0.3) is 0 Å². The molecule has 1 fully saturated rings. The zero-order valence-corrected chi connectivity index (χ0v) is 27.8. The Kier molecular flexibility index (Phi) is 10.3. The van der Waals surface area contributed by atoms with E-state index in [1.54, 1.807) is 77.6 Å². The maximum atomic E-state index is 13.2. The molecular weight excluding hydrogens is 594 g/mol. The van der Waals surface area contributed by atoms with Crippen molar-refractivity contribution in [1.29, 1.82) is 0 Å². The van der Waals surface area contributed by atoms with Crippen LogP contribution in [0, 0.1) is 5.92 Å². The van der Waals surface area contributed by atoms with E-state index in [4.69, 9.17) is 23.8 Å². The molecule has 1 heterocycles. The van der Waals surface area contributed by atoms with Crippen LogP contribution >= 0.6 is 0 Å². The Bertz CT molecular complexity index is 1560. The SMILES string of the molecule is CCOc1cc(C(CCN(OC(=O)OC(C)(C)C)C(=O)OC(C)(C)C)n2cc3cccc(NC(=O)C4CC4)c3c2O)ccc1OC. The van der Waals surface area contributed by atoms with Crippen molar-refractivity contribution in [1.82, 2.24) is 9.63 Å². The quantitative estimate of drug-likeness (QED) is 0.174. The third-order valence-electron chi connectivity index (χ3n) is 7.03. The first-order valence-corrected chi connectivity index (χ1v) is 15.5. The Balaban J connectivity index is 1.75. The maximum Gasteiger partial charge on any atom is 0.534 e. The molecule has 2 N–H and O–H groups in total. The minimum Gasteiger partial charge on any atom is -0.494 e. The van der Waals surface area contributed by atoms with Crippen LogP contribution in [0.4, 0.5) is 15.3 Å². The summed E-state index contributed by atoms with van der Waals surface area (Å²) < 4.78 is 23.8. The number of aromatic hydroxyl groups is 1. The average molecular weight is 640 g/mol. The highest BCUT2D eigenvalue weighted by Crippen LogP contribution is 2.41. The standard InChI is InChI=1S/C34H45N3O9/c1-9-43-27-19-22(15-16-26(27)42-8)25(17-18-37(31(40)44-33(2,3)4)46-32(41)45-34(5,6)7)36-20-23-11-10-12-24(28(23)30(36)39)35-29(38)21-13-14-21/h10-12,15-16,19-21,25,39H,9,13-14,17-18H2,1-8H3,(H,35,38). The number of ether oxygens (including phenoxy) is 4. The van der Waals surface area contributed by atoms with Gasteiger partial charge in [-0.05, 0) is 91.5 Å². The van der Waals surface area contributed by atoms with E-state index in [1.165, 1.54) is 0 Å². The van der Waals surface area contributed by atoms with E-state index in [-0.39, 0.29) is 30.7 Å². The van der Waals surface area contributed by atoms with Crippen LogP contribution < -0.4 is 14.8 Å². The molecule has 0 radical (unpaired) electrons. The number of rotatable bonds is 10. The Morgan fingerprint density at radius 3 is 2.33 bits per heavy atom. The number of hydrogen-bond donors (Lipinski definition) is 2. The summed E-state index contributed by atoms with van der Waals surface area (Å²) in [6.45, 7) is 12.3. The number of nitrogens with one attached hydrogen (secondary N) is 1. The molecule has 1 atom stereocenters. The molecule has 12 nitrogen and oxygen atoms in total. The Labute approximate surface area is 269 Å². The molecule has 46 heavy (non-hydrogen) atoms. The zero-order chi connectivity index (χ0) is 33.8. The van der Waals surface area contributed by atoms with Gasteiger partial charge in [0.05, 0.1) is 37.4 Å². The van der Waals surface area contributed by atoms with Crippen molar-refractivity contribution in [3.63, 3.8) is 0 Å². The second-order valence-corrected chi connectivity index (χ2v) is 13.2.